The first-order valence-corrected chi connectivity index (χ1v) is 7.42. The monoisotopic (exact) mass is 286 g/mol. The number of H-pyrrole nitrogens is 1. The lowest BCUT2D eigenvalue weighted by molar-refractivity contribution is 0.0207. The van der Waals surface area contributed by atoms with Gasteiger partial charge in [0.1, 0.15) is 5.60 Å². The third-order valence-electron chi connectivity index (χ3n) is 3.82. The molecule has 0 saturated heterocycles. The number of rotatable bonds is 0. The normalized spacial score (nSPS) is 18.7. The van der Waals surface area contributed by atoms with Crippen LogP contribution in [0.2, 0.25) is 0 Å². The maximum Gasteiger partial charge on any atom is 0.410 e. The molecule has 1 atom stereocenters. The average Bonchev–Trinajstić information content (AvgIpc) is 2.75. The first-order chi connectivity index (χ1) is 9.85. The Labute approximate surface area is 125 Å². The summed E-state index contributed by atoms with van der Waals surface area (Å²) in [7, 11) is 0. The Morgan fingerprint density at radius 2 is 2.05 bits per heavy atom. The minimum Gasteiger partial charge on any atom is -0.444 e. The van der Waals surface area contributed by atoms with Gasteiger partial charge in [-0.2, -0.15) is 0 Å². The molecule has 0 saturated carbocycles. The minimum absolute atomic E-state index is 0.237. The quantitative estimate of drug-likeness (QED) is 0.795. The van der Waals surface area contributed by atoms with Gasteiger partial charge in [0.05, 0.1) is 6.54 Å². The zero-order valence-corrected chi connectivity index (χ0v) is 13.1. The van der Waals surface area contributed by atoms with Crippen LogP contribution < -0.4 is 0 Å². The van der Waals surface area contributed by atoms with Crippen LogP contribution in [0.25, 0.3) is 10.9 Å². The van der Waals surface area contributed by atoms with E-state index in [0.717, 1.165) is 11.2 Å². The van der Waals surface area contributed by atoms with Crippen molar-refractivity contribution in [2.24, 2.45) is 0 Å². The van der Waals surface area contributed by atoms with Crippen LogP contribution in [0.15, 0.2) is 24.3 Å². The average molecular weight is 286 g/mol. The highest BCUT2D eigenvalue weighted by Gasteiger charge is 2.31. The zero-order chi connectivity index (χ0) is 15.2. The summed E-state index contributed by atoms with van der Waals surface area (Å²) in [5.74, 6) is 0.303. The van der Waals surface area contributed by atoms with Crippen molar-refractivity contribution in [2.75, 3.05) is 6.54 Å². The van der Waals surface area contributed by atoms with E-state index in [0.29, 0.717) is 19.0 Å². The van der Waals surface area contributed by atoms with Crippen LogP contribution in [0, 0.1) is 0 Å². The van der Waals surface area contributed by atoms with Crippen molar-refractivity contribution in [1.82, 2.24) is 9.88 Å². The third kappa shape index (κ3) is 2.62. The molecule has 0 bridgehead atoms. The Balaban J connectivity index is 1.91. The molecule has 1 aromatic heterocycles. The molecule has 1 aliphatic rings. The number of fused-ring (bicyclic) bond motifs is 3. The molecule has 1 unspecified atom stereocenters. The van der Waals surface area contributed by atoms with Crippen LogP contribution in [-0.4, -0.2) is 28.1 Å². The van der Waals surface area contributed by atoms with E-state index >= 15 is 0 Å². The summed E-state index contributed by atoms with van der Waals surface area (Å²) < 4.78 is 5.49. The molecular weight excluding hydrogens is 264 g/mol. The Morgan fingerprint density at radius 1 is 1.33 bits per heavy atom. The molecule has 4 nitrogen and oxygen atoms in total. The highest BCUT2D eigenvalue weighted by atomic mass is 16.6. The second-order valence-corrected chi connectivity index (χ2v) is 6.82. The van der Waals surface area contributed by atoms with Crippen LogP contribution >= 0.6 is 0 Å². The smallest absolute Gasteiger partial charge is 0.410 e. The van der Waals surface area contributed by atoms with Crippen LogP contribution in [0.1, 0.15) is 44.9 Å². The van der Waals surface area contributed by atoms with Crippen LogP contribution in [0.5, 0.6) is 0 Å². The summed E-state index contributed by atoms with van der Waals surface area (Å²) in [5, 5.41) is 1.27. The van der Waals surface area contributed by atoms with Gasteiger partial charge in [0.2, 0.25) is 0 Å². The van der Waals surface area contributed by atoms with Crippen molar-refractivity contribution in [3.05, 3.63) is 35.5 Å². The summed E-state index contributed by atoms with van der Waals surface area (Å²) in [5.41, 5.74) is 3.15. The zero-order valence-electron chi connectivity index (χ0n) is 13.1. The number of amides is 1. The number of aromatic nitrogens is 1. The second kappa shape index (κ2) is 4.79. The van der Waals surface area contributed by atoms with E-state index < -0.39 is 5.60 Å². The van der Waals surface area contributed by atoms with Gasteiger partial charge in [-0.15, -0.1) is 0 Å². The number of nitrogens with one attached hydrogen (secondary N) is 1. The molecule has 0 fully saturated rings. The summed E-state index contributed by atoms with van der Waals surface area (Å²) in [6.45, 7) is 9.13. The highest BCUT2D eigenvalue weighted by Crippen LogP contribution is 2.34. The first-order valence-electron chi connectivity index (χ1n) is 7.42. The lowest BCUT2D eigenvalue weighted by Gasteiger charge is -2.33. The molecule has 1 aliphatic heterocycles. The predicted molar refractivity (Wildman–Crippen MR) is 83.4 cm³/mol. The summed E-state index contributed by atoms with van der Waals surface area (Å²) >= 11 is 0. The SMILES string of the molecule is CC1CN(C(=O)OC(C)(C)C)Cc2[nH]c3ccccc3c21. The van der Waals surface area contributed by atoms with E-state index in [-0.39, 0.29) is 6.09 Å². The number of hydrogen-bond acceptors (Lipinski definition) is 2. The van der Waals surface area contributed by atoms with Crippen molar-refractivity contribution in [3.63, 3.8) is 0 Å². The fourth-order valence-electron chi connectivity index (χ4n) is 3.05. The number of aromatic amines is 1. The van der Waals surface area contributed by atoms with Crippen LogP contribution in [0.4, 0.5) is 4.79 Å². The fourth-order valence-corrected chi connectivity index (χ4v) is 3.05. The van der Waals surface area contributed by atoms with E-state index in [4.69, 9.17) is 4.74 Å². The van der Waals surface area contributed by atoms with Gasteiger partial charge >= 0.3 is 6.09 Å². The molecule has 0 spiro atoms. The molecule has 112 valence electrons. The number of benzene rings is 1. The van der Waals surface area contributed by atoms with Gasteiger partial charge in [-0.05, 0) is 32.4 Å². The van der Waals surface area contributed by atoms with Crippen molar-refractivity contribution < 1.29 is 9.53 Å². The van der Waals surface area contributed by atoms with Gasteiger partial charge in [0.25, 0.3) is 0 Å². The molecule has 0 radical (unpaired) electrons. The molecule has 1 amide bonds. The van der Waals surface area contributed by atoms with E-state index in [2.05, 4.69) is 30.1 Å². The lowest BCUT2D eigenvalue weighted by atomic mass is 9.94. The van der Waals surface area contributed by atoms with Crippen LogP contribution in [0.3, 0.4) is 0 Å². The maximum absolute atomic E-state index is 12.3. The fraction of sp³-hybridized carbons (Fsp3) is 0.471. The largest absolute Gasteiger partial charge is 0.444 e. The van der Waals surface area contributed by atoms with E-state index in [1.54, 1.807) is 4.90 Å². The Morgan fingerprint density at radius 3 is 2.76 bits per heavy atom. The van der Waals surface area contributed by atoms with Crippen molar-refractivity contribution >= 4 is 17.0 Å². The van der Waals surface area contributed by atoms with E-state index in [9.17, 15) is 4.79 Å². The first kappa shape index (κ1) is 14.0. The lowest BCUT2D eigenvalue weighted by Crippen LogP contribution is -2.40. The molecule has 1 aromatic carbocycles. The van der Waals surface area contributed by atoms with Gasteiger partial charge in [-0.1, -0.05) is 25.1 Å². The molecule has 2 aromatic rings. The van der Waals surface area contributed by atoms with Crippen molar-refractivity contribution in [2.45, 2.75) is 45.8 Å². The highest BCUT2D eigenvalue weighted by molar-refractivity contribution is 5.86. The Hall–Kier alpha value is -1.97. The molecule has 0 aliphatic carbocycles. The van der Waals surface area contributed by atoms with Gasteiger partial charge in [-0.3, -0.25) is 0 Å². The number of carbonyl (C=O) groups is 1. The van der Waals surface area contributed by atoms with Crippen LogP contribution in [-0.2, 0) is 11.3 Å². The standard InChI is InChI=1S/C17H22N2O2/c1-11-9-19(16(20)21-17(2,3)4)10-14-15(11)12-7-5-6-8-13(12)18-14/h5-8,11,18H,9-10H2,1-4H3. The van der Waals surface area contributed by atoms with Gasteiger partial charge < -0.3 is 14.6 Å². The maximum atomic E-state index is 12.3. The van der Waals surface area contributed by atoms with E-state index in [1.807, 2.05) is 26.8 Å². The molecule has 2 heterocycles. The molecule has 3 rings (SSSR count). The summed E-state index contributed by atoms with van der Waals surface area (Å²) in [6.07, 6.45) is -0.237. The third-order valence-corrected chi connectivity index (χ3v) is 3.82. The number of hydrogen-bond donors (Lipinski definition) is 1. The number of nitrogens with zero attached hydrogens (tertiary/aromatic N) is 1. The Bertz CT molecular complexity index is 682. The molecule has 21 heavy (non-hydrogen) atoms. The number of para-hydroxylation sites is 1. The molecule has 1 N–H and O–H groups in total. The minimum atomic E-state index is -0.457. The summed E-state index contributed by atoms with van der Waals surface area (Å²) in [6, 6.07) is 8.31. The van der Waals surface area contributed by atoms with Crippen molar-refractivity contribution in [1.29, 1.82) is 0 Å². The topological polar surface area (TPSA) is 45.3 Å². The second-order valence-electron chi connectivity index (χ2n) is 6.82. The Kier molecular flexibility index (Phi) is 3.19. The van der Waals surface area contributed by atoms with Gasteiger partial charge in [0, 0.05) is 29.1 Å². The molecular formula is C17H22N2O2. The molecule has 4 heteroatoms. The number of carbonyl (C=O) groups excluding carboxylic acids is 1. The van der Waals surface area contributed by atoms with Gasteiger partial charge in [0.15, 0.2) is 0 Å². The van der Waals surface area contributed by atoms with Crippen molar-refractivity contribution in [3.8, 4) is 0 Å². The summed E-state index contributed by atoms with van der Waals surface area (Å²) in [4.78, 5) is 17.5. The van der Waals surface area contributed by atoms with E-state index in [1.165, 1.54) is 10.9 Å². The van der Waals surface area contributed by atoms with Gasteiger partial charge in [-0.25, -0.2) is 4.79 Å². The number of ether oxygens (including phenoxy) is 1. The predicted octanol–water partition coefficient (Wildman–Crippen LogP) is 4.02.